The summed E-state index contributed by atoms with van der Waals surface area (Å²) in [4.78, 5) is 14.2. The predicted octanol–water partition coefficient (Wildman–Crippen LogP) is 3.38. The van der Waals surface area contributed by atoms with E-state index in [0.29, 0.717) is 17.4 Å². The molecule has 4 heteroatoms. The summed E-state index contributed by atoms with van der Waals surface area (Å²) in [5.41, 5.74) is 7.26. The highest BCUT2D eigenvalue weighted by Crippen LogP contribution is 2.35. The van der Waals surface area contributed by atoms with Gasteiger partial charge in [-0.1, -0.05) is 43.6 Å². The van der Waals surface area contributed by atoms with E-state index in [0.717, 1.165) is 24.9 Å². The molecule has 20 heavy (non-hydrogen) atoms. The Kier molecular flexibility index (Phi) is 5.06. The van der Waals surface area contributed by atoms with Gasteiger partial charge < -0.3 is 10.6 Å². The van der Waals surface area contributed by atoms with E-state index in [2.05, 4.69) is 13.8 Å². The predicted molar refractivity (Wildman–Crippen MR) is 82.6 cm³/mol. The standard InChI is InChI=1S/C16H23ClN2O/c1-11(2)9-10-19-15(20)8-7-14(18)16(19)12-5-3-4-6-13(12)17/h3-6,11,14,16H,7-10,18H2,1-2H3. The topological polar surface area (TPSA) is 46.3 Å². The molecular weight excluding hydrogens is 272 g/mol. The normalized spacial score (nSPS) is 23.4. The molecular formula is C16H23ClN2O. The lowest BCUT2D eigenvalue weighted by Gasteiger charge is -2.40. The molecule has 2 N–H and O–H groups in total. The molecule has 0 aromatic heterocycles. The maximum Gasteiger partial charge on any atom is 0.223 e. The molecule has 2 rings (SSSR count). The van der Waals surface area contributed by atoms with Gasteiger partial charge in [0, 0.05) is 24.0 Å². The zero-order valence-electron chi connectivity index (χ0n) is 12.2. The van der Waals surface area contributed by atoms with Gasteiger partial charge in [-0.15, -0.1) is 0 Å². The molecule has 0 spiro atoms. The van der Waals surface area contributed by atoms with Gasteiger partial charge in [0.1, 0.15) is 0 Å². The highest BCUT2D eigenvalue weighted by molar-refractivity contribution is 6.31. The number of nitrogens with two attached hydrogens (primary N) is 1. The Bertz CT molecular complexity index is 475. The van der Waals surface area contributed by atoms with Gasteiger partial charge in [0.2, 0.25) is 5.91 Å². The summed E-state index contributed by atoms with van der Waals surface area (Å²) in [7, 11) is 0. The van der Waals surface area contributed by atoms with E-state index in [9.17, 15) is 4.79 Å². The molecule has 3 nitrogen and oxygen atoms in total. The van der Waals surface area contributed by atoms with Crippen molar-refractivity contribution < 1.29 is 4.79 Å². The van der Waals surface area contributed by atoms with Crippen LogP contribution in [0.25, 0.3) is 0 Å². The minimum atomic E-state index is -0.0938. The van der Waals surface area contributed by atoms with Crippen molar-refractivity contribution in [3.8, 4) is 0 Å². The van der Waals surface area contributed by atoms with E-state index in [1.807, 2.05) is 29.2 Å². The van der Waals surface area contributed by atoms with Crippen molar-refractivity contribution in [3.63, 3.8) is 0 Å². The number of hydrogen-bond acceptors (Lipinski definition) is 2. The minimum Gasteiger partial charge on any atom is -0.334 e. The average Bonchev–Trinajstić information content (AvgIpc) is 2.40. The molecule has 1 heterocycles. The summed E-state index contributed by atoms with van der Waals surface area (Å²) in [6.45, 7) is 5.08. The molecule has 110 valence electrons. The Morgan fingerprint density at radius 3 is 2.75 bits per heavy atom. The summed E-state index contributed by atoms with van der Waals surface area (Å²) in [6, 6.07) is 7.56. The number of piperidine rings is 1. The summed E-state index contributed by atoms with van der Waals surface area (Å²) in [5.74, 6) is 0.755. The quantitative estimate of drug-likeness (QED) is 0.925. The number of carbonyl (C=O) groups is 1. The molecule has 1 aromatic rings. The van der Waals surface area contributed by atoms with E-state index >= 15 is 0 Å². The Morgan fingerprint density at radius 2 is 2.10 bits per heavy atom. The van der Waals surface area contributed by atoms with Gasteiger partial charge in [0.15, 0.2) is 0 Å². The van der Waals surface area contributed by atoms with Gasteiger partial charge in [0.25, 0.3) is 0 Å². The van der Waals surface area contributed by atoms with Crippen molar-refractivity contribution >= 4 is 17.5 Å². The zero-order valence-corrected chi connectivity index (χ0v) is 12.9. The fourth-order valence-electron chi connectivity index (χ4n) is 2.75. The summed E-state index contributed by atoms with van der Waals surface area (Å²) in [6.07, 6.45) is 2.26. The zero-order chi connectivity index (χ0) is 14.7. The number of halogens is 1. The molecule has 2 unspecified atom stereocenters. The van der Waals surface area contributed by atoms with Crippen molar-refractivity contribution in [1.82, 2.24) is 4.90 Å². The fourth-order valence-corrected chi connectivity index (χ4v) is 3.00. The van der Waals surface area contributed by atoms with Crippen LogP contribution in [0.3, 0.4) is 0 Å². The molecule has 2 atom stereocenters. The van der Waals surface area contributed by atoms with Crippen LogP contribution in [-0.2, 0) is 4.79 Å². The first-order chi connectivity index (χ1) is 9.50. The molecule has 1 aliphatic rings. The highest BCUT2D eigenvalue weighted by Gasteiger charge is 2.35. The fraction of sp³-hybridized carbons (Fsp3) is 0.562. The van der Waals surface area contributed by atoms with Crippen molar-refractivity contribution in [2.45, 2.75) is 45.2 Å². The number of benzene rings is 1. The summed E-state index contributed by atoms with van der Waals surface area (Å²) >= 11 is 6.31. The molecule has 1 saturated heterocycles. The minimum absolute atomic E-state index is 0.0419. The van der Waals surface area contributed by atoms with Crippen LogP contribution in [0.5, 0.6) is 0 Å². The monoisotopic (exact) mass is 294 g/mol. The molecule has 1 aromatic carbocycles. The van der Waals surface area contributed by atoms with E-state index in [1.54, 1.807) is 0 Å². The van der Waals surface area contributed by atoms with Gasteiger partial charge in [-0.3, -0.25) is 4.79 Å². The SMILES string of the molecule is CC(C)CCN1C(=O)CCC(N)C1c1ccccc1Cl. The molecule has 0 saturated carbocycles. The van der Waals surface area contributed by atoms with E-state index < -0.39 is 0 Å². The van der Waals surface area contributed by atoms with E-state index in [4.69, 9.17) is 17.3 Å². The van der Waals surface area contributed by atoms with E-state index in [1.165, 1.54) is 0 Å². The molecule has 0 radical (unpaired) electrons. The van der Waals surface area contributed by atoms with Gasteiger partial charge in [0.05, 0.1) is 6.04 Å². The molecule has 1 fully saturated rings. The molecule has 1 amide bonds. The lowest BCUT2D eigenvalue weighted by molar-refractivity contribution is -0.137. The van der Waals surface area contributed by atoms with Crippen LogP contribution < -0.4 is 5.73 Å². The van der Waals surface area contributed by atoms with Crippen molar-refractivity contribution in [1.29, 1.82) is 0 Å². The van der Waals surface area contributed by atoms with Crippen LogP contribution in [0.2, 0.25) is 5.02 Å². The summed E-state index contributed by atoms with van der Waals surface area (Å²) < 4.78 is 0. The third-order valence-electron chi connectivity index (χ3n) is 3.92. The van der Waals surface area contributed by atoms with E-state index in [-0.39, 0.29) is 18.0 Å². The lowest BCUT2D eigenvalue weighted by Crippen LogP contribution is -2.49. The number of carbonyl (C=O) groups excluding carboxylic acids is 1. The van der Waals surface area contributed by atoms with Crippen LogP contribution >= 0.6 is 11.6 Å². The van der Waals surface area contributed by atoms with Crippen LogP contribution in [-0.4, -0.2) is 23.4 Å². The smallest absolute Gasteiger partial charge is 0.223 e. The van der Waals surface area contributed by atoms with Crippen LogP contribution in [0.1, 0.15) is 44.7 Å². The second kappa shape index (κ2) is 6.59. The number of nitrogens with zero attached hydrogens (tertiary/aromatic N) is 1. The van der Waals surface area contributed by atoms with Crippen molar-refractivity contribution in [2.75, 3.05) is 6.54 Å². The molecule has 0 aliphatic carbocycles. The van der Waals surface area contributed by atoms with Gasteiger partial charge in [-0.25, -0.2) is 0 Å². The Labute approximate surface area is 126 Å². The molecule has 0 bridgehead atoms. The number of hydrogen-bond donors (Lipinski definition) is 1. The number of likely N-dealkylation sites (tertiary alicyclic amines) is 1. The van der Waals surface area contributed by atoms with Gasteiger partial charge in [-0.05, 0) is 30.4 Å². The third kappa shape index (κ3) is 3.33. The first-order valence-electron chi connectivity index (χ1n) is 7.30. The second-order valence-electron chi connectivity index (χ2n) is 5.94. The second-order valence-corrected chi connectivity index (χ2v) is 6.35. The molecule has 1 aliphatic heterocycles. The lowest BCUT2D eigenvalue weighted by atomic mass is 9.90. The first-order valence-corrected chi connectivity index (χ1v) is 7.68. The Hall–Kier alpha value is -1.06. The maximum absolute atomic E-state index is 12.3. The average molecular weight is 295 g/mol. The van der Waals surface area contributed by atoms with Crippen molar-refractivity contribution in [3.05, 3.63) is 34.9 Å². The van der Waals surface area contributed by atoms with Crippen LogP contribution in [0, 0.1) is 5.92 Å². The van der Waals surface area contributed by atoms with Gasteiger partial charge >= 0.3 is 0 Å². The number of rotatable bonds is 4. The van der Waals surface area contributed by atoms with Gasteiger partial charge in [-0.2, -0.15) is 0 Å². The number of amides is 1. The summed E-state index contributed by atoms with van der Waals surface area (Å²) in [5, 5.41) is 0.692. The first kappa shape index (κ1) is 15.3. The van der Waals surface area contributed by atoms with Crippen molar-refractivity contribution in [2.24, 2.45) is 11.7 Å². The van der Waals surface area contributed by atoms with Crippen LogP contribution in [0.4, 0.5) is 0 Å². The Morgan fingerprint density at radius 1 is 1.40 bits per heavy atom. The maximum atomic E-state index is 12.3. The largest absolute Gasteiger partial charge is 0.334 e. The Balaban J connectivity index is 2.28. The van der Waals surface area contributed by atoms with Crippen LogP contribution in [0.15, 0.2) is 24.3 Å². The highest BCUT2D eigenvalue weighted by atomic mass is 35.5. The third-order valence-corrected chi connectivity index (χ3v) is 4.27.